The zero-order valence-electron chi connectivity index (χ0n) is 13.4. The Morgan fingerprint density at radius 1 is 1.12 bits per heavy atom. The molecular formula is C17H17FN4O3. The van der Waals surface area contributed by atoms with Crippen molar-refractivity contribution in [2.24, 2.45) is 0 Å². The summed E-state index contributed by atoms with van der Waals surface area (Å²) in [6.07, 6.45) is 1.88. The van der Waals surface area contributed by atoms with E-state index in [-0.39, 0.29) is 17.3 Å². The van der Waals surface area contributed by atoms with Crippen LogP contribution < -0.4 is 10.9 Å². The summed E-state index contributed by atoms with van der Waals surface area (Å²) in [5, 5.41) is 6.36. The van der Waals surface area contributed by atoms with E-state index >= 15 is 0 Å². The number of hydrogen-bond acceptors (Lipinski definition) is 4. The lowest BCUT2D eigenvalue weighted by atomic mass is 10.3. The van der Waals surface area contributed by atoms with Crippen LogP contribution in [0.25, 0.3) is 0 Å². The summed E-state index contributed by atoms with van der Waals surface area (Å²) in [6, 6.07) is 8.27. The average Bonchev–Trinajstić information content (AvgIpc) is 3.13. The molecule has 1 N–H and O–H groups in total. The third-order valence-electron chi connectivity index (χ3n) is 3.92. The van der Waals surface area contributed by atoms with E-state index < -0.39 is 23.8 Å². The predicted octanol–water partition coefficient (Wildman–Crippen LogP) is 1.26. The first-order valence-electron chi connectivity index (χ1n) is 7.96. The van der Waals surface area contributed by atoms with Crippen LogP contribution in [-0.4, -0.2) is 39.6 Å². The molecule has 2 aromatic rings. The molecule has 8 heteroatoms. The van der Waals surface area contributed by atoms with E-state index in [1.54, 1.807) is 11.0 Å². The number of nitrogens with zero attached hydrogens (tertiary/aromatic N) is 3. The van der Waals surface area contributed by atoms with Crippen molar-refractivity contribution in [2.45, 2.75) is 19.4 Å². The molecule has 25 heavy (non-hydrogen) atoms. The zero-order chi connectivity index (χ0) is 17.8. The van der Waals surface area contributed by atoms with Gasteiger partial charge in [0.05, 0.1) is 5.69 Å². The number of aromatic nitrogens is 2. The number of benzene rings is 1. The third kappa shape index (κ3) is 3.90. The summed E-state index contributed by atoms with van der Waals surface area (Å²) < 4.78 is 14.5. The molecule has 1 aromatic carbocycles. The highest BCUT2D eigenvalue weighted by atomic mass is 19.1. The highest BCUT2D eigenvalue weighted by molar-refractivity contribution is 5.92. The molecule has 1 aliphatic heterocycles. The Kier molecular flexibility index (Phi) is 4.87. The molecule has 1 saturated heterocycles. The van der Waals surface area contributed by atoms with E-state index in [1.165, 1.54) is 30.3 Å². The monoisotopic (exact) mass is 344 g/mol. The molecule has 130 valence electrons. The molecule has 1 aromatic heterocycles. The summed E-state index contributed by atoms with van der Waals surface area (Å²) >= 11 is 0. The fourth-order valence-corrected chi connectivity index (χ4v) is 2.65. The van der Waals surface area contributed by atoms with Gasteiger partial charge in [0, 0.05) is 19.2 Å². The topological polar surface area (TPSA) is 84.3 Å². The first kappa shape index (κ1) is 16.8. The molecule has 0 aliphatic carbocycles. The lowest BCUT2D eigenvalue weighted by molar-refractivity contribution is -0.117. The average molecular weight is 344 g/mol. The normalized spacial score (nSPS) is 13.7. The zero-order valence-corrected chi connectivity index (χ0v) is 13.4. The van der Waals surface area contributed by atoms with Crippen molar-refractivity contribution in [3.05, 3.63) is 58.3 Å². The molecule has 0 spiro atoms. The van der Waals surface area contributed by atoms with E-state index in [1.807, 2.05) is 0 Å². The van der Waals surface area contributed by atoms with Gasteiger partial charge in [0.15, 0.2) is 0 Å². The fraction of sp³-hybridized carbons (Fsp3) is 0.294. The number of amides is 2. The van der Waals surface area contributed by atoms with E-state index in [9.17, 15) is 18.8 Å². The quantitative estimate of drug-likeness (QED) is 0.905. The largest absolute Gasteiger partial charge is 0.337 e. The van der Waals surface area contributed by atoms with E-state index in [4.69, 9.17) is 0 Å². The second-order valence-corrected chi connectivity index (χ2v) is 5.74. The number of para-hydroxylation sites is 1. The molecule has 0 bridgehead atoms. The maximum Gasteiger partial charge on any atom is 0.274 e. The smallest absolute Gasteiger partial charge is 0.274 e. The summed E-state index contributed by atoms with van der Waals surface area (Å²) in [5.41, 5.74) is -0.383. The second-order valence-electron chi connectivity index (χ2n) is 5.74. The highest BCUT2D eigenvalue weighted by Gasteiger charge is 2.21. The molecule has 2 heterocycles. The molecule has 0 radical (unpaired) electrons. The van der Waals surface area contributed by atoms with Gasteiger partial charge >= 0.3 is 0 Å². The second kappa shape index (κ2) is 7.25. The SMILES string of the molecule is O=C(Cn1nc(C(=O)N2CCCC2)ccc1=O)Nc1ccccc1F. The molecule has 1 fully saturated rings. The number of carbonyl (C=O) groups excluding carboxylic acids is 2. The number of nitrogens with one attached hydrogen (secondary N) is 1. The minimum Gasteiger partial charge on any atom is -0.337 e. The van der Waals surface area contributed by atoms with Gasteiger partial charge in [0.25, 0.3) is 11.5 Å². The van der Waals surface area contributed by atoms with Gasteiger partial charge in [-0.3, -0.25) is 14.4 Å². The summed E-state index contributed by atoms with van der Waals surface area (Å²) in [7, 11) is 0. The van der Waals surface area contributed by atoms with Crippen LogP contribution >= 0.6 is 0 Å². The van der Waals surface area contributed by atoms with Crippen molar-refractivity contribution in [2.75, 3.05) is 18.4 Å². The van der Waals surface area contributed by atoms with Gasteiger partial charge in [-0.15, -0.1) is 0 Å². The van der Waals surface area contributed by atoms with Crippen molar-refractivity contribution in [1.82, 2.24) is 14.7 Å². The van der Waals surface area contributed by atoms with Crippen LogP contribution in [0.15, 0.2) is 41.2 Å². The molecular weight excluding hydrogens is 327 g/mol. The van der Waals surface area contributed by atoms with Gasteiger partial charge in [-0.05, 0) is 31.0 Å². The summed E-state index contributed by atoms with van der Waals surface area (Å²) in [4.78, 5) is 37.9. The number of likely N-dealkylation sites (tertiary alicyclic amines) is 1. The Labute approximate surface area is 143 Å². The predicted molar refractivity (Wildman–Crippen MR) is 88.7 cm³/mol. The highest BCUT2D eigenvalue weighted by Crippen LogP contribution is 2.12. The van der Waals surface area contributed by atoms with Crippen molar-refractivity contribution in [3.63, 3.8) is 0 Å². The Morgan fingerprint density at radius 2 is 1.84 bits per heavy atom. The van der Waals surface area contributed by atoms with E-state index in [0.29, 0.717) is 13.1 Å². The number of rotatable bonds is 4. The number of anilines is 1. The van der Waals surface area contributed by atoms with Crippen LogP contribution in [0.1, 0.15) is 23.3 Å². The van der Waals surface area contributed by atoms with Crippen molar-refractivity contribution < 1.29 is 14.0 Å². The van der Waals surface area contributed by atoms with Crippen LogP contribution in [0.4, 0.5) is 10.1 Å². The van der Waals surface area contributed by atoms with Gasteiger partial charge in [0.2, 0.25) is 5.91 Å². The maximum absolute atomic E-state index is 13.6. The Bertz CT molecular complexity index is 859. The van der Waals surface area contributed by atoms with Crippen LogP contribution in [0, 0.1) is 5.82 Å². The molecule has 0 unspecified atom stereocenters. The van der Waals surface area contributed by atoms with Crippen LogP contribution in [0.2, 0.25) is 0 Å². The van der Waals surface area contributed by atoms with E-state index in [0.717, 1.165) is 17.5 Å². The molecule has 2 amide bonds. The van der Waals surface area contributed by atoms with Gasteiger partial charge in [-0.1, -0.05) is 12.1 Å². The van der Waals surface area contributed by atoms with E-state index in [2.05, 4.69) is 10.4 Å². The van der Waals surface area contributed by atoms with Gasteiger partial charge in [-0.2, -0.15) is 5.10 Å². The Hall–Kier alpha value is -3.03. The number of carbonyl (C=O) groups is 2. The third-order valence-corrected chi connectivity index (χ3v) is 3.92. The first-order valence-corrected chi connectivity index (χ1v) is 7.96. The molecule has 3 rings (SSSR count). The van der Waals surface area contributed by atoms with Gasteiger partial charge in [0.1, 0.15) is 18.1 Å². The minimum absolute atomic E-state index is 0.0184. The summed E-state index contributed by atoms with van der Waals surface area (Å²) in [6.45, 7) is 0.912. The maximum atomic E-state index is 13.6. The van der Waals surface area contributed by atoms with Gasteiger partial charge in [-0.25, -0.2) is 9.07 Å². The van der Waals surface area contributed by atoms with Crippen LogP contribution in [0.3, 0.4) is 0 Å². The lowest BCUT2D eigenvalue weighted by Crippen LogP contribution is -2.34. The Morgan fingerprint density at radius 3 is 2.56 bits per heavy atom. The fourth-order valence-electron chi connectivity index (χ4n) is 2.65. The van der Waals surface area contributed by atoms with Crippen LogP contribution in [0.5, 0.6) is 0 Å². The van der Waals surface area contributed by atoms with Crippen molar-refractivity contribution in [3.8, 4) is 0 Å². The minimum atomic E-state index is -0.606. The summed E-state index contributed by atoms with van der Waals surface area (Å²) in [5.74, 6) is -1.44. The first-order chi connectivity index (χ1) is 12.0. The molecule has 0 saturated carbocycles. The lowest BCUT2D eigenvalue weighted by Gasteiger charge is -2.15. The standard InChI is InChI=1S/C17H17FN4O3/c18-12-5-1-2-6-13(12)19-15(23)11-22-16(24)8-7-14(20-22)17(25)21-9-3-4-10-21/h1-2,5-8H,3-4,9-11H2,(H,19,23). The van der Waals surface area contributed by atoms with Crippen LogP contribution in [-0.2, 0) is 11.3 Å². The Balaban J connectivity index is 1.74. The van der Waals surface area contributed by atoms with Crippen molar-refractivity contribution >= 4 is 17.5 Å². The molecule has 0 atom stereocenters. The van der Waals surface area contributed by atoms with Crippen molar-refractivity contribution in [1.29, 1.82) is 0 Å². The molecule has 1 aliphatic rings. The molecule has 7 nitrogen and oxygen atoms in total. The number of halogens is 1. The van der Waals surface area contributed by atoms with Gasteiger partial charge < -0.3 is 10.2 Å². The number of hydrogen-bond donors (Lipinski definition) is 1.